The predicted octanol–water partition coefficient (Wildman–Crippen LogP) is 2.67. The van der Waals surface area contributed by atoms with Crippen LogP contribution in [0.25, 0.3) is 60.5 Å². The number of aliphatic hydroxyl groups excluding tert-OH is 3. The summed E-state index contributed by atoms with van der Waals surface area (Å²) in [4.78, 5) is 0. The third-order valence-corrected chi connectivity index (χ3v) is 13.9. The monoisotopic (exact) mass is 1120 g/mol. The van der Waals surface area contributed by atoms with Crippen LogP contribution in [-0.2, 0) is 17.7 Å². The van der Waals surface area contributed by atoms with Gasteiger partial charge in [0.1, 0.15) is 17.3 Å². The van der Waals surface area contributed by atoms with Crippen molar-refractivity contribution in [3.63, 3.8) is 0 Å². The van der Waals surface area contributed by atoms with Crippen molar-refractivity contribution in [2.45, 2.75) is 24.2 Å². The molecule has 1 aromatic heterocycles. The molecule has 1 heterocycles. The van der Waals surface area contributed by atoms with E-state index < -0.39 is 274 Å². The summed E-state index contributed by atoms with van der Waals surface area (Å²) in [6.45, 7) is 1.46. The van der Waals surface area contributed by atoms with Gasteiger partial charge in [0, 0.05) is 50.6 Å². The molecule has 420 valence electrons. The highest BCUT2D eigenvalue weighted by Crippen LogP contribution is 2.69. The minimum Gasteiger partial charge on any atom is -0.509 e. The van der Waals surface area contributed by atoms with Crippen molar-refractivity contribution in [2.24, 2.45) is 5.73 Å². The van der Waals surface area contributed by atoms with Crippen LogP contribution in [0.5, 0.6) is 138 Å². The standard InChI is InChI=1S/C49H39NO30/c1-5(9-23(55)16(31(63)35(67)25(9)57)14-18-12(27(59)36(68)29(14)61)13-20(49(18,50)79)34(66)42(74)39(71)28(13)60)8-19(33(65)41(73)37(69)24(8)56)48(78,4-51)47(77)7(52)3-2-6-21(53)17-11-10-15(30(62)40(72)38(70)26(10)58)32(64)44(76)45(11)80-46(17)43(75)22(6)54/h51-79H,1-4,50H2/b47-7-. The van der Waals surface area contributed by atoms with Gasteiger partial charge in [-0.25, -0.2) is 0 Å². The summed E-state index contributed by atoms with van der Waals surface area (Å²) >= 11 is 0. The Balaban J connectivity index is 1.23. The van der Waals surface area contributed by atoms with E-state index >= 15 is 0 Å². The van der Waals surface area contributed by atoms with Gasteiger partial charge in [-0.15, -0.1) is 0 Å². The van der Waals surface area contributed by atoms with Gasteiger partial charge >= 0.3 is 0 Å². The molecule has 31 N–H and O–H groups in total. The minimum absolute atomic E-state index is 0.739. The molecule has 0 amide bonds. The lowest BCUT2D eigenvalue weighted by molar-refractivity contribution is -0.0266. The largest absolute Gasteiger partial charge is 0.509 e. The van der Waals surface area contributed by atoms with E-state index in [1.165, 1.54) is 0 Å². The number of benzene rings is 7. The average molecular weight is 1120 g/mol. The van der Waals surface area contributed by atoms with Crippen molar-refractivity contribution in [2.75, 3.05) is 6.61 Å². The smallest absolute Gasteiger partial charge is 0.205 e. The summed E-state index contributed by atoms with van der Waals surface area (Å²) in [6, 6.07) is 0. The average Bonchev–Trinajstić information content (AvgIpc) is 3.53. The highest BCUT2D eigenvalue weighted by Gasteiger charge is 2.52. The van der Waals surface area contributed by atoms with E-state index in [2.05, 4.69) is 6.58 Å². The molecular formula is C49H39NO30. The third-order valence-electron chi connectivity index (χ3n) is 13.9. The number of phenols is 24. The number of allylic oxidation sites excluding steroid dienone is 1. The van der Waals surface area contributed by atoms with Gasteiger partial charge in [0.25, 0.3) is 0 Å². The number of rotatable bonds is 9. The molecule has 2 unspecified atom stereocenters. The number of furan rings is 1. The Morgan fingerprint density at radius 2 is 0.812 bits per heavy atom. The van der Waals surface area contributed by atoms with Gasteiger partial charge in [-0.3, -0.25) is 5.73 Å². The van der Waals surface area contributed by atoms with Crippen LogP contribution in [0.4, 0.5) is 0 Å². The summed E-state index contributed by atoms with van der Waals surface area (Å²) in [6.07, 6.45) is -2.27. The molecule has 1 aliphatic carbocycles. The van der Waals surface area contributed by atoms with E-state index in [0.717, 1.165) is 0 Å². The summed E-state index contributed by atoms with van der Waals surface area (Å²) in [5, 5.41) is 317. The molecule has 1 aliphatic rings. The van der Waals surface area contributed by atoms with Crippen LogP contribution in [0.3, 0.4) is 0 Å². The molecule has 0 bridgehead atoms. The maximum atomic E-state index is 12.1. The van der Waals surface area contributed by atoms with Gasteiger partial charge in [0.2, 0.25) is 57.5 Å². The quantitative estimate of drug-likeness (QED) is 0.0427. The third kappa shape index (κ3) is 6.37. The first kappa shape index (κ1) is 53.5. The Labute approximate surface area is 438 Å². The number of nitrogens with two attached hydrogens (primary N) is 1. The molecule has 0 fully saturated rings. The van der Waals surface area contributed by atoms with Crippen LogP contribution in [0.2, 0.25) is 0 Å². The molecule has 2 atom stereocenters. The zero-order valence-corrected chi connectivity index (χ0v) is 39.3. The zero-order valence-electron chi connectivity index (χ0n) is 39.3. The molecule has 31 heteroatoms. The number of fused-ring (bicyclic) bond motifs is 8. The second-order valence-electron chi connectivity index (χ2n) is 18.0. The molecule has 0 aliphatic heterocycles. The summed E-state index contributed by atoms with van der Waals surface area (Å²) in [7, 11) is 0. The molecular weight excluding hydrogens is 1080 g/mol. The number of aromatic hydroxyl groups is 24. The van der Waals surface area contributed by atoms with E-state index in [1.54, 1.807) is 0 Å². The van der Waals surface area contributed by atoms with Crippen LogP contribution in [0, 0.1) is 0 Å². The van der Waals surface area contributed by atoms with Crippen molar-refractivity contribution in [1.29, 1.82) is 0 Å². The van der Waals surface area contributed by atoms with Crippen molar-refractivity contribution in [3.8, 4) is 160 Å². The molecule has 9 rings (SSSR count). The Kier molecular flexibility index (Phi) is 11.3. The lowest BCUT2D eigenvalue weighted by Gasteiger charge is -2.31. The van der Waals surface area contributed by atoms with E-state index in [4.69, 9.17) is 10.2 Å². The molecule has 0 saturated heterocycles. The molecule has 0 spiro atoms. The van der Waals surface area contributed by atoms with Gasteiger partial charge in [0.05, 0.1) is 39.6 Å². The number of hydrogen-bond donors (Lipinski definition) is 30. The second kappa shape index (κ2) is 16.9. The maximum absolute atomic E-state index is 12.1. The number of hydrogen-bond acceptors (Lipinski definition) is 31. The van der Waals surface area contributed by atoms with Crippen molar-refractivity contribution >= 4 is 38.3 Å². The van der Waals surface area contributed by atoms with Crippen molar-refractivity contribution in [3.05, 3.63) is 51.5 Å². The Bertz CT molecular complexity index is 4250. The summed E-state index contributed by atoms with van der Waals surface area (Å²) < 4.78 is 5.38. The number of aliphatic hydroxyl groups is 5. The van der Waals surface area contributed by atoms with Gasteiger partial charge < -0.3 is 153 Å². The lowest BCUT2D eigenvalue weighted by Crippen LogP contribution is -2.36. The van der Waals surface area contributed by atoms with Crippen LogP contribution in [0.15, 0.2) is 22.5 Å². The maximum Gasteiger partial charge on any atom is 0.205 e. The first-order valence-corrected chi connectivity index (χ1v) is 21.9. The zero-order chi connectivity index (χ0) is 59.7. The first-order valence-electron chi connectivity index (χ1n) is 21.9. The van der Waals surface area contributed by atoms with Gasteiger partial charge in [-0.2, -0.15) is 0 Å². The number of phenolic OH excluding ortho intramolecular Hbond substituents is 24. The van der Waals surface area contributed by atoms with Crippen LogP contribution < -0.4 is 5.73 Å². The highest BCUT2D eigenvalue weighted by atomic mass is 16.4. The van der Waals surface area contributed by atoms with Crippen LogP contribution in [0.1, 0.15) is 39.8 Å². The van der Waals surface area contributed by atoms with Crippen LogP contribution in [-0.4, -0.2) is 155 Å². The molecule has 0 radical (unpaired) electrons. The van der Waals surface area contributed by atoms with E-state index in [1.807, 2.05) is 0 Å². The Morgan fingerprint density at radius 3 is 1.38 bits per heavy atom. The highest BCUT2D eigenvalue weighted by molar-refractivity contribution is 6.28. The first-order chi connectivity index (χ1) is 37.1. The Morgan fingerprint density at radius 1 is 0.412 bits per heavy atom. The fourth-order valence-electron chi connectivity index (χ4n) is 10.0. The lowest BCUT2D eigenvalue weighted by atomic mass is 9.80. The van der Waals surface area contributed by atoms with E-state index in [0.29, 0.717) is 0 Å². The van der Waals surface area contributed by atoms with Gasteiger partial charge in [-0.05, 0) is 12.0 Å². The molecule has 80 heavy (non-hydrogen) atoms. The van der Waals surface area contributed by atoms with Crippen molar-refractivity contribution < 1.29 is 153 Å². The van der Waals surface area contributed by atoms with Crippen LogP contribution >= 0.6 is 0 Å². The van der Waals surface area contributed by atoms with E-state index in [9.17, 15) is 148 Å². The van der Waals surface area contributed by atoms with Gasteiger partial charge in [0.15, 0.2) is 97.2 Å². The molecule has 31 nitrogen and oxygen atoms in total. The fraction of sp³-hybridized carbons (Fsp3) is 0.102. The summed E-state index contributed by atoms with van der Waals surface area (Å²) in [5.74, 6) is -40.9. The molecule has 7 aromatic carbocycles. The van der Waals surface area contributed by atoms with Gasteiger partial charge in [-0.1, -0.05) is 6.58 Å². The summed E-state index contributed by atoms with van der Waals surface area (Å²) in [5.41, 5.74) is -17.8. The Hall–Kier alpha value is -11.3. The topological polar surface area (TPSA) is 626 Å². The van der Waals surface area contributed by atoms with E-state index in [-0.39, 0.29) is 0 Å². The molecule has 8 aromatic rings. The fourth-order valence-corrected chi connectivity index (χ4v) is 10.0. The molecule has 0 saturated carbocycles. The SMILES string of the molecule is C=C(c1c(O)c(O)c(O)c(-c2c(O)c(O)c(O)c3c2C(N)(O)c2c(O)c(O)c(O)c(O)c2-3)c1O)c1c(O)c(O)c(O)c(O)c1C(O)(CO)/C(O)=C(/O)CCc1c(O)c(O)c2oc3c(O)c(O)c4c(O)c(O)c(O)c(O)c4c3c2c1O. The van der Waals surface area contributed by atoms with Crippen molar-refractivity contribution in [1.82, 2.24) is 0 Å². The predicted molar refractivity (Wildman–Crippen MR) is 262 cm³/mol. The second-order valence-corrected chi connectivity index (χ2v) is 18.0. The minimum atomic E-state index is -3.91. The normalized spacial score (nSPS) is 15.1.